The van der Waals surface area contributed by atoms with Gasteiger partial charge in [0.1, 0.15) is 0 Å². The zero-order valence-corrected chi connectivity index (χ0v) is 14.3. The van der Waals surface area contributed by atoms with Crippen LogP contribution in [0.4, 0.5) is 5.69 Å². The predicted octanol–water partition coefficient (Wildman–Crippen LogP) is 6.11. The highest BCUT2D eigenvalue weighted by molar-refractivity contribution is 8.03. The lowest BCUT2D eigenvalue weighted by molar-refractivity contribution is 1.41. The minimum absolute atomic E-state index is 0.694. The Hall–Kier alpha value is -0.190. The van der Waals surface area contributed by atoms with E-state index in [-0.39, 0.29) is 0 Å². The van der Waals surface area contributed by atoms with E-state index >= 15 is 0 Å². The minimum Gasteiger partial charge on any atom is -0.398 e. The second-order valence-corrected chi connectivity index (χ2v) is 7.42. The Morgan fingerprint density at radius 2 is 1.65 bits per heavy atom. The van der Waals surface area contributed by atoms with Crippen LogP contribution in [-0.2, 0) is 0 Å². The molecule has 0 aliphatic rings. The lowest BCUT2D eigenvalue weighted by Gasteiger charge is -2.08. The highest BCUT2D eigenvalue weighted by Gasteiger charge is 2.06. The Morgan fingerprint density at radius 3 is 2.40 bits per heavy atom. The molecule has 0 saturated heterocycles. The van der Waals surface area contributed by atoms with E-state index in [1.54, 1.807) is 29.6 Å². The Kier molecular flexibility index (Phi) is 6.24. The van der Waals surface area contributed by atoms with Gasteiger partial charge in [0.2, 0.25) is 0 Å². The van der Waals surface area contributed by atoms with Gasteiger partial charge in [-0.1, -0.05) is 40.9 Å². The first kappa shape index (κ1) is 16.2. The van der Waals surface area contributed by atoms with E-state index in [0.29, 0.717) is 15.7 Å². The number of nitrogens with two attached hydrogens (primary N) is 1. The molecule has 0 amide bonds. The molecule has 0 spiro atoms. The van der Waals surface area contributed by atoms with Crippen molar-refractivity contribution >= 4 is 64.0 Å². The fraction of sp³-hybridized carbons (Fsp3) is 0.143. The molecule has 0 radical (unpaired) electrons. The zero-order chi connectivity index (χ0) is 14.5. The average Bonchev–Trinajstić information content (AvgIpc) is 2.41. The molecule has 2 aromatic carbocycles. The molecule has 20 heavy (non-hydrogen) atoms. The van der Waals surface area contributed by atoms with Crippen LogP contribution < -0.4 is 5.73 Å². The average molecular weight is 365 g/mol. The first-order valence-electron chi connectivity index (χ1n) is 5.82. The summed E-state index contributed by atoms with van der Waals surface area (Å²) in [5.41, 5.74) is 6.62. The number of anilines is 1. The van der Waals surface area contributed by atoms with Crippen LogP contribution in [0.15, 0.2) is 46.2 Å². The Labute approximate surface area is 142 Å². The molecule has 2 N–H and O–H groups in total. The first-order valence-corrected chi connectivity index (χ1v) is 8.93. The van der Waals surface area contributed by atoms with Crippen LogP contribution >= 0.6 is 58.3 Å². The number of thioether (sulfide) groups is 2. The van der Waals surface area contributed by atoms with Crippen molar-refractivity contribution in [1.82, 2.24) is 0 Å². The SMILES string of the molecule is Nc1cccc(Cl)c1SCCSc1cc(Cl)ccc1Cl. The molecule has 1 nitrogen and oxygen atoms in total. The first-order chi connectivity index (χ1) is 9.58. The maximum absolute atomic E-state index is 6.13. The van der Waals surface area contributed by atoms with E-state index in [1.807, 2.05) is 30.3 Å². The normalized spacial score (nSPS) is 10.8. The summed E-state index contributed by atoms with van der Waals surface area (Å²) >= 11 is 21.5. The largest absolute Gasteiger partial charge is 0.398 e. The quantitative estimate of drug-likeness (QED) is 0.393. The van der Waals surface area contributed by atoms with Gasteiger partial charge in [0.15, 0.2) is 0 Å². The van der Waals surface area contributed by atoms with E-state index in [2.05, 4.69) is 0 Å². The molecule has 6 heteroatoms. The lowest BCUT2D eigenvalue weighted by Crippen LogP contribution is -1.91. The topological polar surface area (TPSA) is 26.0 Å². The van der Waals surface area contributed by atoms with E-state index < -0.39 is 0 Å². The summed E-state index contributed by atoms with van der Waals surface area (Å²) in [4.78, 5) is 1.93. The molecular weight excluding hydrogens is 353 g/mol. The zero-order valence-electron chi connectivity index (χ0n) is 10.4. The Morgan fingerprint density at radius 1 is 0.900 bits per heavy atom. The second-order valence-electron chi connectivity index (χ2n) is 3.93. The van der Waals surface area contributed by atoms with Crippen molar-refractivity contribution in [2.45, 2.75) is 9.79 Å². The fourth-order valence-corrected chi connectivity index (χ4v) is 4.37. The summed E-state index contributed by atoms with van der Waals surface area (Å²) in [5.74, 6) is 1.79. The Bertz CT molecular complexity index is 585. The smallest absolute Gasteiger partial charge is 0.0562 e. The number of hydrogen-bond donors (Lipinski definition) is 1. The van der Waals surface area contributed by atoms with Crippen LogP contribution in [0, 0.1) is 0 Å². The number of halogens is 3. The van der Waals surface area contributed by atoms with Crippen LogP contribution in [0.3, 0.4) is 0 Å². The molecule has 0 aliphatic carbocycles. The molecule has 0 fully saturated rings. The van der Waals surface area contributed by atoms with E-state index in [4.69, 9.17) is 40.5 Å². The standard InChI is InChI=1S/C14H12Cl3NS2/c15-9-4-5-10(16)13(8-9)19-6-7-20-14-11(17)2-1-3-12(14)18/h1-5,8H,6-7,18H2. The summed E-state index contributed by atoms with van der Waals surface area (Å²) in [6.07, 6.45) is 0. The van der Waals surface area contributed by atoms with Gasteiger partial charge in [-0.05, 0) is 30.3 Å². The summed E-state index contributed by atoms with van der Waals surface area (Å²) in [6.45, 7) is 0. The maximum Gasteiger partial charge on any atom is 0.0562 e. The van der Waals surface area contributed by atoms with Gasteiger partial charge in [0.25, 0.3) is 0 Å². The predicted molar refractivity (Wildman–Crippen MR) is 93.8 cm³/mol. The van der Waals surface area contributed by atoms with Gasteiger partial charge in [-0.3, -0.25) is 0 Å². The molecule has 0 aromatic heterocycles. The number of rotatable bonds is 5. The van der Waals surface area contributed by atoms with Crippen molar-refractivity contribution in [3.05, 3.63) is 51.5 Å². The third kappa shape index (κ3) is 4.40. The monoisotopic (exact) mass is 363 g/mol. The van der Waals surface area contributed by atoms with Gasteiger partial charge in [0, 0.05) is 32.0 Å². The molecular formula is C14H12Cl3NS2. The number of benzene rings is 2. The molecule has 0 aliphatic heterocycles. The van der Waals surface area contributed by atoms with Gasteiger partial charge in [-0.2, -0.15) is 0 Å². The molecule has 106 valence electrons. The molecule has 0 heterocycles. The van der Waals surface area contributed by atoms with E-state index in [0.717, 1.165) is 26.3 Å². The van der Waals surface area contributed by atoms with Crippen LogP contribution in [-0.4, -0.2) is 11.5 Å². The minimum atomic E-state index is 0.694. The molecule has 2 rings (SSSR count). The Balaban J connectivity index is 1.89. The van der Waals surface area contributed by atoms with Gasteiger partial charge in [0.05, 0.1) is 10.0 Å². The summed E-state index contributed by atoms with van der Waals surface area (Å²) < 4.78 is 0. The van der Waals surface area contributed by atoms with E-state index in [1.165, 1.54) is 0 Å². The molecule has 0 bridgehead atoms. The van der Waals surface area contributed by atoms with Crippen molar-refractivity contribution in [1.29, 1.82) is 0 Å². The lowest BCUT2D eigenvalue weighted by atomic mass is 10.3. The van der Waals surface area contributed by atoms with Crippen molar-refractivity contribution in [3.63, 3.8) is 0 Å². The maximum atomic E-state index is 6.13. The van der Waals surface area contributed by atoms with E-state index in [9.17, 15) is 0 Å². The summed E-state index contributed by atoms with van der Waals surface area (Å²) in [5, 5.41) is 2.11. The number of nitrogen functional groups attached to an aromatic ring is 1. The highest BCUT2D eigenvalue weighted by Crippen LogP contribution is 2.34. The van der Waals surface area contributed by atoms with Crippen LogP contribution in [0.5, 0.6) is 0 Å². The van der Waals surface area contributed by atoms with Crippen LogP contribution in [0.25, 0.3) is 0 Å². The van der Waals surface area contributed by atoms with Gasteiger partial charge in [-0.15, -0.1) is 23.5 Å². The third-order valence-corrected chi connectivity index (χ3v) is 6.05. The van der Waals surface area contributed by atoms with Crippen molar-refractivity contribution < 1.29 is 0 Å². The summed E-state index contributed by atoms with van der Waals surface area (Å²) in [7, 11) is 0. The van der Waals surface area contributed by atoms with Crippen LogP contribution in [0.1, 0.15) is 0 Å². The molecule has 2 aromatic rings. The number of hydrogen-bond acceptors (Lipinski definition) is 3. The second kappa shape index (κ2) is 7.71. The summed E-state index contributed by atoms with van der Waals surface area (Å²) in [6, 6.07) is 11.0. The molecule has 0 atom stereocenters. The van der Waals surface area contributed by atoms with Gasteiger partial charge >= 0.3 is 0 Å². The van der Waals surface area contributed by atoms with Crippen molar-refractivity contribution in [2.24, 2.45) is 0 Å². The van der Waals surface area contributed by atoms with Crippen molar-refractivity contribution in [2.75, 3.05) is 17.2 Å². The van der Waals surface area contributed by atoms with Gasteiger partial charge < -0.3 is 5.73 Å². The molecule has 0 unspecified atom stereocenters. The fourth-order valence-electron chi connectivity index (χ4n) is 1.56. The van der Waals surface area contributed by atoms with Crippen LogP contribution in [0.2, 0.25) is 15.1 Å². The molecule has 0 saturated carbocycles. The van der Waals surface area contributed by atoms with Gasteiger partial charge in [-0.25, -0.2) is 0 Å². The highest BCUT2D eigenvalue weighted by atomic mass is 35.5. The third-order valence-electron chi connectivity index (χ3n) is 2.48. The van der Waals surface area contributed by atoms with Crippen molar-refractivity contribution in [3.8, 4) is 0 Å².